The molecule has 7 atom stereocenters. The molecule has 11 N–H and O–H groups in total. The van der Waals surface area contributed by atoms with E-state index < -0.39 is 84.6 Å². The third-order valence-corrected chi connectivity index (χ3v) is 12.0. The van der Waals surface area contributed by atoms with Gasteiger partial charge in [-0.25, -0.2) is 28.6 Å². The summed E-state index contributed by atoms with van der Waals surface area (Å²) in [5.74, 6) is -1.23. The lowest BCUT2D eigenvalue weighted by molar-refractivity contribution is -0.137. The molecule has 1 aliphatic heterocycles. The van der Waals surface area contributed by atoms with Crippen LogP contribution in [0.4, 0.5) is 5.82 Å². The second-order valence-electron chi connectivity index (χ2n) is 13.2. The molecule has 0 radical (unpaired) electrons. The van der Waals surface area contributed by atoms with Gasteiger partial charge in [-0.1, -0.05) is 43.8 Å². The molecule has 29 heteroatoms. The molecule has 0 aliphatic carbocycles. The minimum atomic E-state index is -5.58. The van der Waals surface area contributed by atoms with Crippen LogP contribution in [0.25, 0.3) is 17.2 Å². The second-order valence-corrected chi connectivity index (χ2v) is 18.5. The molecule has 1 fully saturated rings. The van der Waals surface area contributed by atoms with Crippen LogP contribution in [0.2, 0.25) is 0 Å². The highest BCUT2D eigenvalue weighted by Crippen LogP contribution is 2.61. The second kappa shape index (κ2) is 20.3. The number of phosphoric ester groups is 3. The van der Waals surface area contributed by atoms with E-state index in [2.05, 4.69) is 34.4 Å². The Morgan fingerprint density at radius 3 is 2.47 bits per heavy atom. The first-order valence-corrected chi connectivity index (χ1v) is 22.5. The number of aliphatic hydroxyl groups excluding tert-OH is 2. The van der Waals surface area contributed by atoms with Gasteiger partial charge in [0.1, 0.15) is 42.0 Å². The van der Waals surface area contributed by atoms with E-state index in [4.69, 9.17) is 19.5 Å². The molecular weight excluding hydrogens is 871 g/mol. The smallest absolute Gasteiger partial charge is 0.481 e. The molecule has 0 bridgehead atoms. The number of rotatable bonds is 21. The number of carbonyl (C=O) groups excluding carboxylic acids is 3. The number of nitrogens with one attached hydrogen (secondary N) is 2. The van der Waals surface area contributed by atoms with Gasteiger partial charge in [0.2, 0.25) is 16.9 Å². The van der Waals surface area contributed by atoms with Gasteiger partial charge >= 0.3 is 23.5 Å². The number of hydrogen-bond donors (Lipinski definition) is 10. The Hall–Kier alpha value is -3.68. The van der Waals surface area contributed by atoms with Crippen LogP contribution < -0.4 is 16.4 Å². The molecule has 1 aliphatic rings. The molecule has 4 rings (SSSR count). The summed E-state index contributed by atoms with van der Waals surface area (Å²) in [6, 6.07) is 6.30. The van der Waals surface area contributed by atoms with Crippen LogP contribution in [0, 0.1) is 5.41 Å². The summed E-state index contributed by atoms with van der Waals surface area (Å²) >= 11 is 0.944. The van der Waals surface area contributed by atoms with E-state index in [-0.39, 0.29) is 53.1 Å². The van der Waals surface area contributed by atoms with Gasteiger partial charge in [-0.2, -0.15) is 4.31 Å². The van der Waals surface area contributed by atoms with Crippen molar-refractivity contribution < 1.29 is 85.6 Å². The van der Waals surface area contributed by atoms with E-state index in [1.807, 2.05) is 0 Å². The molecule has 59 heavy (non-hydrogen) atoms. The van der Waals surface area contributed by atoms with Gasteiger partial charge in [0.15, 0.2) is 17.7 Å². The quantitative estimate of drug-likeness (QED) is 0.0384. The molecular formula is C30H42N7O18P3S. The summed E-state index contributed by atoms with van der Waals surface area (Å²) in [6.07, 6.45) is -4.17. The first kappa shape index (κ1) is 48.0. The van der Waals surface area contributed by atoms with E-state index in [1.165, 1.54) is 38.1 Å². The van der Waals surface area contributed by atoms with Gasteiger partial charge in [-0.05, 0) is 23.8 Å². The van der Waals surface area contributed by atoms with Crippen LogP contribution in [0.15, 0.2) is 43.0 Å². The average molecular weight is 914 g/mol. The Bertz CT molecular complexity index is 2150. The highest BCUT2D eigenvalue weighted by atomic mass is 32.2. The van der Waals surface area contributed by atoms with Crippen molar-refractivity contribution >= 4 is 75.2 Å². The van der Waals surface area contributed by atoms with Crippen molar-refractivity contribution in [1.29, 1.82) is 0 Å². The van der Waals surface area contributed by atoms with Crippen molar-refractivity contribution in [3.8, 4) is 5.75 Å². The predicted octanol–water partition coefficient (Wildman–Crippen LogP) is 0.0837. The standard InChI is InChI=1S/C30H42N7O18P3S/c1-30(2,25(42)28(43)33-9-8-20(39)32-10-11-59-21(40)7-6-17-4-3-5-18(38)12-17)14-52-58(49,50)55-57(47,48)51-13-19-24(54-56(44,45)46)23(41)29(53-19)37-16-36-22-26(31)34-15-35-27(22)37/h3-7,12,15-16,19,23-25,29,38,41-42H,8-11,13-14H2,1-2H3,(H,32,39)(H,33,43)(H,47,48)(H,49,50)(H2,31,34,35)(H2,44,45,46)/b7-6+/t19-,23-,24-,25+,29-/m1/s1. The van der Waals surface area contributed by atoms with Gasteiger partial charge in [0.25, 0.3) is 0 Å². The fraction of sp³-hybridized carbons (Fsp3) is 0.467. The minimum absolute atomic E-state index is 0.0241. The zero-order chi connectivity index (χ0) is 43.8. The van der Waals surface area contributed by atoms with Gasteiger partial charge in [-0.15, -0.1) is 0 Å². The molecule has 3 heterocycles. The van der Waals surface area contributed by atoms with Gasteiger partial charge < -0.3 is 56.0 Å². The van der Waals surface area contributed by atoms with Crippen molar-refractivity contribution in [2.75, 3.05) is 37.8 Å². The molecule has 326 valence electrons. The number of aromatic nitrogens is 4. The highest BCUT2D eigenvalue weighted by Gasteiger charge is 2.50. The van der Waals surface area contributed by atoms with Crippen LogP contribution in [-0.2, 0) is 50.7 Å². The number of imidazole rings is 1. The first-order valence-electron chi connectivity index (χ1n) is 17.0. The Morgan fingerprint density at radius 1 is 1.07 bits per heavy atom. The largest absolute Gasteiger partial charge is 0.508 e. The molecule has 1 saturated heterocycles. The number of benzene rings is 1. The Morgan fingerprint density at radius 2 is 1.78 bits per heavy atom. The van der Waals surface area contributed by atoms with Crippen molar-refractivity contribution in [2.24, 2.45) is 5.41 Å². The number of aliphatic hydroxyl groups is 2. The number of nitrogens with two attached hydrogens (primary N) is 1. The van der Waals surface area contributed by atoms with Crippen LogP contribution >= 0.6 is 35.2 Å². The van der Waals surface area contributed by atoms with Crippen LogP contribution in [-0.4, -0.2) is 128 Å². The van der Waals surface area contributed by atoms with Crippen LogP contribution in [0.5, 0.6) is 5.75 Å². The number of nitrogens with zero attached hydrogens (tertiary/aromatic N) is 4. The number of nitrogen functional groups attached to an aromatic ring is 1. The fourth-order valence-corrected chi connectivity index (χ4v) is 8.52. The third kappa shape index (κ3) is 14.5. The maximum Gasteiger partial charge on any atom is 0.481 e. The van der Waals surface area contributed by atoms with Gasteiger partial charge in [-0.3, -0.25) is 32.5 Å². The highest BCUT2D eigenvalue weighted by molar-refractivity contribution is 8.14. The third-order valence-electron chi connectivity index (χ3n) is 8.03. The number of phenolic OH excluding ortho intramolecular Hbond substituents is 1. The van der Waals surface area contributed by atoms with Crippen molar-refractivity contribution in [1.82, 2.24) is 30.2 Å². The molecule has 2 unspecified atom stereocenters. The Labute approximate surface area is 338 Å². The Balaban J connectivity index is 1.21. The lowest BCUT2D eigenvalue weighted by atomic mass is 9.87. The first-order chi connectivity index (χ1) is 27.5. The zero-order valence-corrected chi connectivity index (χ0v) is 34.5. The molecule has 0 spiro atoms. The van der Waals surface area contributed by atoms with Crippen LogP contribution in [0.3, 0.4) is 0 Å². The van der Waals surface area contributed by atoms with E-state index >= 15 is 0 Å². The predicted molar refractivity (Wildman–Crippen MR) is 204 cm³/mol. The number of hydrogen-bond acceptors (Lipinski definition) is 19. The van der Waals surface area contributed by atoms with Crippen molar-refractivity contribution in [3.05, 3.63) is 48.6 Å². The number of phenols is 1. The normalized spacial score (nSPS) is 21.2. The van der Waals surface area contributed by atoms with E-state index in [0.717, 1.165) is 29.0 Å². The number of fused-ring (bicyclic) bond motifs is 1. The summed E-state index contributed by atoms with van der Waals surface area (Å²) < 4.78 is 62.1. The minimum Gasteiger partial charge on any atom is -0.508 e. The summed E-state index contributed by atoms with van der Waals surface area (Å²) in [7, 11) is -16.4. The molecule has 0 saturated carbocycles. The number of anilines is 1. The topological polar surface area (TPSA) is 384 Å². The number of ether oxygens (including phenoxy) is 1. The summed E-state index contributed by atoms with van der Waals surface area (Å²) in [5, 5.41) is 35.5. The average Bonchev–Trinajstić information content (AvgIpc) is 3.70. The van der Waals surface area contributed by atoms with E-state index in [1.54, 1.807) is 12.1 Å². The van der Waals surface area contributed by atoms with E-state index in [9.17, 15) is 63.0 Å². The monoisotopic (exact) mass is 913 g/mol. The molecule has 25 nitrogen and oxygen atoms in total. The zero-order valence-electron chi connectivity index (χ0n) is 31.0. The maximum absolute atomic E-state index is 12.7. The van der Waals surface area contributed by atoms with Crippen LogP contribution in [0.1, 0.15) is 32.1 Å². The van der Waals surface area contributed by atoms with Crippen molar-refractivity contribution in [2.45, 2.75) is 50.9 Å². The number of thioether (sulfide) groups is 1. The van der Waals surface area contributed by atoms with Crippen molar-refractivity contribution in [3.63, 3.8) is 0 Å². The molecule has 2 amide bonds. The number of phosphoric acid groups is 3. The molecule has 1 aromatic carbocycles. The van der Waals surface area contributed by atoms with Gasteiger partial charge in [0, 0.05) is 30.7 Å². The summed E-state index contributed by atoms with van der Waals surface area (Å²) in [6.45, 7) is 0.332. The fourth-order valence-electron chi connectivity index (χ4n) is 5.12. The SMILES string of the molecule is CC(C)(COP(=O)(O)OP(=O)(O)OC[C@H]1O[C@@H](n2cnc3c(N)ncnc32)[C@H](O)[C@@H]1OP(=O)(O)O)[C@@H](O)C(=O)NCCC(=O)NCCSC(=O)/C=C/c1cccc(O)c1. The van der Waals surface area contributed by atoms with E-state index in [0.29, 0.717) is 5.56 Å². The number of carbonyl (C=O) groups is 3. The number of amides is 2. The lowest BCUT2D eigenvalue weighted by Crippen LogP contribution is -2.46. The number of aromatic hydroxyl groups is 1. The summed E-state index contributed by atoms with van der Waals surface area (Å²) in [5.41, 5.74) is 4.86. The lowest BCUT2D eigenvalue weighted by Gasteiger charge is -2.30. The maximum atomic E-state index is 12.7. The van der Waals surface area contributed by atoms with Gasteiger partial charge in [0.05, 0.1) is 19.5 Å². The Kier molecular flexibility index (Phi) is 16.5. The summed E-state index contributed by atoms with van der Waals surface area (Å²) in [4.78, 5) is 87.7. The molecule has 2 aromatic heterocycles. The molecule has 3 aromatic rings.